The molecule has 0 aliphatic carbocycles. The lowest BCUT2D eigenvalue weighted by Gasteiger charge is -2.31. The fourth-order valence-electron chi connectivity index (χ4n) is 3.55. The smallest absolute Gasteiger partial charge is 0.274 e. The maximum absolute atomic E-state index is 12.8. The summed E-state index contributed by atoms with van der Waals surface area (Å²) in [7, 11) is 5.35. The lowest BCUT2D eigenvalue weighted by Crippen LogP contribution is -2.47. The molecule has 146 valence electrons. The van der Waals surface area contributed by atoms with Crippen molar-refractivity contribution in [3.05, 3.63) is 48.4 Å². The number of methoxy groups -OCH3 is 2. The van der Waals surface area contributed by atoms with Crippen LogP contribution in [0.15, 0.2) is 42.7 Å². The number of piperazine rings is 1. The second-order valence-electron chi connectivity index (χ2n) is 6.94. The topological polar surface area (TPSA) is 59.3 Å². The molecule has 7 heteroatoms. The van der Waals surface area contributed by atoms with Crippen LogP contribution in [-0.4, -0.2) is 72.5 Å². The average molecular weight is 380 g/mol. The molecule has 2 aromatic heterocycles. The number of likely N-dealkylation sites (N-methyl/N-ethyl adjacent to an activating group) is 1. The Labute approximate surface area is 164 Å². The van der Waals surface area contributed by atoms with E-state index >= 15 is 0 Å². The van der Waals surface area contributed by atoms with Gasteiger partial charge in [-0.25, -0.2) is 4.98 Å². The Hall–Kier alpha value is -3.06. The highest BCUT2D eigenvalue weighted by atomic mass is 16.5. The molecular formula is C21H24N4O3. The minimum absolute atomic E-state index is 0.0202. The van der Waals surface area contributed by atoms with Crippen LogP contribution in [0.25, 0.3) is 16.8 Å². The van der Waals surface area contributed by atoms with Crippen molar-refractivity contribution in [3.8, 4) is 22.6 Å². The van der Waals surface area contributed by atoms with Crippen LogP contribution in [0.1, 0.15) is 10.5 Å². The number of carbonyl (C=O) groups excluding carboxylic acids is 1. The summed E-state index contributed by atoms with van der Waals surface area (Å²) in [6.07, 6.45) is 3.74. The minimum Gasteiger partial charge on any atom is -0.496 e. The van der Waals surface area contributed by atoms with Crippen LogP contribution in [0.2, 0.25) is 0 Å². The van der Waals surface area contributed by atoms with Gasteiger partial charge in [-0.3, -0.25) is 4.79 Å². The van der Waals surface area contributed by atoms with Gasteiger partial charge in [-0.15, -0.1) is 0 Å². The molecule has 1 aromatic carbocycles. The van der Waals surface area contributed by atoms with Crippen molar-refractivity contribution >= 4 is 11.6 Å². The van der Waals surface area contributed by atoms with Gasteiger partial charge in [-0.2, -0.15) is 0 Å². The van der Waals surface area contributed by atoms with Crippen LogP contribution >= 0.6 is 0 Å². The average Bonchev–Trinajstić information content (AvgIpc) is 3.16. The molecule has 28 heavy (non-hydrogen) atoms. The van der Waals surface area contributed by atoms with Crippen LogP contribution in [0, 0.1) is 0 Å². The third-order valence-corrected chi connectivity index (χ3v) is 5.18. The van der Waals surface area contributed by atoms with E-state index in [2.05, 4.69) is 16.9 Å². The molecule has 4 rings (SSSR count). The first kappa shape index (κ1) is 18.3. The molecule has 3 heterocycles. The van der Waals surface area contributed by atoms with E-state index in [0.717, 1.165) is 54.5 Å². The molecule has 1 amide bonds. The maximum Gasteiger partial charge on any atom is 0.274 e. The Morgan fingerprint density at radius 3 is 2.29 bits per heavy atom. The van der Waals surface area contributed by atoms with E-state index in [1.807, 2.05) is 45.8 Å². The standard InChI is InChI=1S/C21H24N4O3/c1-23-9-11-24(12-10-23)21(26)16-14-25-13-15(7-8-19(25)22-16)20-17(27-2)5-4-6-18(20)28-3/h4-8,13-14H,9-12H2,1-3H3. The van der Waals surface area contributed by atoms with Crippen LogP contribution in [0.4, 0.5) is 0 Å². The van der Waals surface area contributed by atoms with Gasteiger partial charge in [0.25, 0.3) is 5.91 Å². The Kier molecular flexibility index (Phi) is 4.92. The Bertz CT molecular complexity index is 984. The lowest BCUT2D eigenvalue weighted by atomic mass is 10.1. The molecule has 1 saturated heterocycles. The molecule has 1 aliphatic rings. The predicted molar refractivity (Wildman–Crippen MR) is 107 cm³/mol. The third kappa shape index (κ3) is 3.29. The van der Waals surface area contributed by atoms with Gasteiger partial charge in [0.05, 0.1) is 19.8 Å². The van der Waals surface area contributed by atoms with Crippen molar-refractivity contribution in [2.45, 2.75) is 0 Å². The fourth-order valence-corrected chi connectivity index (χ4v) is 3.55. The molecule has 0 unspecified atom stereocenters. The third-order valence-electron chi connectivity index (χ3n) is 5.18. The lowest BCUT2D eigenvalue weighted by molar-refractivity contribution is 0.0659. The number of hydrogen-bond donors (Lipinski definition) is 0. The second kappa shape index (κ2) is 7.52. The summed E-state index contributed by atoms with van der Waals surface area (Å²) in [5.74, 6) is 1.44. The van der Waals surface area contributed by atoms with Crippen molar-refractivity contribution in [1.82, 2.24) is 19.2 Å². The van der Waals surface area contributed by atoms with Gasteiger partial charge < -0.3 is 23.7 Å². The molecule has 0 N–H and O–H groups in total. The van der Waals surface area contributed by atoms with Gasteiger partial charge in [0, 0.05) is 44.1 Å². The number of carbonyl (C=O) groups is 1. The number of aromatic nitrogens is 2. The maximum atomic E-state index is 12.8. The molecule has 0 bridgehead atoms. The zero-order chi connectivity index (χ0) is 19.7. The fraction of sp³-hybridized carbons (Fsp3) is 0.333. The van der Waals surface area contributed by atoms with Crippen molar-refractivity contribution in [3.63, 3.8) is 0 Å². The summed E-state index contributed by atoms with van der Waals surface area (Å²) in [4.78, 5) is 21.4. The van der Waals surface area contributed by atoms with Crippen molar-refractivity contribution < 1.29 is 14.3 Å². The van der Waals surface area contributed by atoms with Crippen LogP contribution in [0.5, 0.6) is 11.5 Å². The summed E-state index contributed by atoms with van der Waals surface area (Å²) >= 11 is 0. The quantitative estimate of drug-likeness (QED) is 0.696. The summed E-state index contributed by atoms with van der Waals surface area (Å²) < 4.78 is 12.9. The van der Waals surface area contributed by atoms with Crippen LogP contribution in [-0.2, 0) is 0 Å². The van der Waals surface area contributed by atoms with Crippen LogP contribution < -0.4 is 9.47 Å². The molecule has 3 aromatic rings. The Morgan fingerprint density at radius 1 is 0.964 bits per heavy atom. The second-order valence-corrected chi connectivity index (χ2v) is 6.94. The highest BCUT2D eigenvalue weighted by Crippen LogP contribution is 2.38. The first-order chi connectivity index (χ1) is 13.6. The zero-order valence-electron chi connectivity index (χ0n) is 16.4. The number of rotatable bonds is 4. The summed E-state index contributed by atoms with van der Waals surface area (Å²) in [6.45, 7) is 3.23. The van der Waals surface area contributed by atoms with Gasteiger partial charge in [0.15, 0.2) is 0 Å². The summed E-state index contributed by atoms with van der Waals surface area (Å²) in [6, 6.07) is 9.56. The molecule has 1 aliphatic heterocycles. The molecule has 1 fully saturated rings. The number of pyridine rings is 1. The summed E-state index contributed by atoms with van der Waals surface area (Å²) in [5, 5.41) is 0. The van der Waals surface area contributed by atoms with E-state index in [9.17, 15) is 4.79 Å². The van der Waals surface area contributed by atoms with Crippen LogP contribution in [0.3, 0.4) is 0 Å². The zero-order valence-corrected chi connectivity index (χ0v) is 16.4. The molecular weight excluding hydrogens is 356 g/mol. The van der Waals surface area contributed by atoms with E-state index in [0.29, 0.717) is 5.69 Å². The first-order valence-electron chi connectivity index (χ1n) is 9.28. The van der Waals surface area contributed by atoms with Crippen molar-refractivity contribution in [1.29, 1.82) is 0 Å². The molecule has 0 atom stereocenters. The number of amides is 1. The normalized spacial score (nSPS) is 15.0. The first-order valence-corrected chi connectivity index (χ1v) is 9.28. The van der Waals surface area contributed by atoms with Gasteiger partial charge in [-0.05, 0) is 31.3 Å². The number of ether oxygens (including phenoxy) is 2. The number of benzene rings is 1. The van der Waals surface area contributed by atoms with Gasteiger partial charge >= 0.3 is 0 Å². The number of fused-ring (bicyclic) bond motifs is 1. The van der Waals surface area contributed by atoms with E-state index in [1.165, 1.54) is 0 Å². The Morgan fingerprint density at radius 2 is 1.64 bits per heavy atom. The number of nitrogens with zero attached hydrogens (tertiary/aromatic N) is 4. The largest absolute Gasteiger partial charge is 0.496 e. The van der Waals surface area contributed by atoms with E-state index in [-0.39, 0.29) is 5.91 Å². The number of hydrogen-bond acceptors (Lipinski definition) is 5. The highest BCUT2D eigenvalue weighted by molar-refractivity contribution is 5.93. The summed E-state index contributed by atoms with van der Waals surface area (Å²) in [5.41, 5.74) is 3.00. The molecule has 0 radical (unpaired) electrons. The van der Waals surface area contributed by atoms with E-state index in [1.54, 1.807) is 20.4 Å². The van der Waals surface area contributed by atoms with Crippen molar-refractivity contribution in [2.24, 2.45) is 0 Å². The molecule has 0 saturated carbocycles. The van der Waals surface area contributed by atoms with Crippen molar-refractivity contribution in [2.75, 3.05) is 47.4 Å². The predicted octanol–water partition coefficient (Wildman–Crippen LogP) is 2.41. The molecule has 7 nitrogen and oxygen atoms in total. The number of imidazole rings is 1. The van der Waals surface area contributed by atoms with Gasteiger partial charge in [0.1, 0.15) is 22.8 Å². The monoisotopic (exact) mass is 380 g/mol. The van der Waals surface area contributed by atoms with E-state index in [4.69, 9.17) is 9.47 Å². The van der Waals surface area contributed by atoms with Gasteiger partial charge in [-0.1, -0.05) is 6.07 Å². The van der Waals surface area contributed by atoms with Gasteiger partial charge in [0.2, 0.25) is 0 Å². The highest BCUT2D eigenvalue weighted by Gasteiger charge is 2.22. The minimum atomic E-state index is -0.0202. The Balaban J connectivity index is 1.69. The molecule has 0 spiro atoms. The SMILES string of the molecule is COc1cccc(OC)c1-c1ccc2nc(C(=O)N3CCN(C)CC3)cn2c1. The van der Waals surface area contributed by atoms with E-state index < -0.39 is 0 Å².